The molecule has 2 fully saturated rings. The standard InChI is InChI=1S/C12H10O6P2Si/c13-19(11-7-3-1-4-8-11)15-21(16-19)17-20(14,18-21)12-9-5-2-6-10-12/h1-10H. The Morgan fingerprint density at radius 1 is 0.619 bits per heavy atom. The van der Waals surface area contributed by atoms with Gasteiger partial charge < -0.3 is 0 Å². The van der Waals surface area contributed by atoms with Gasteiger partial charge in [-0.25, -0.2) is 0 Å². The molecule has 0 atom stereocenters. The van der Waals surface area contributed by atoms with E-state index < -0.39 is 24.2 Å². The summed E-state index contributed by atoms with van der Waals surface area (Å²) in [5, 5.41) is 0.855. The lowest BCUT2D eigenvalue weighted by Crippen LogP contribution is -2.62. The van der Waals surface area contributed by atoms with Crippen molar-refractivity contribution in [1.82, 2.24) is 0 Å². The molecule has 0 radical (unpaired) electrons. The maximum Gasteiger partial charge on any atom is 0.708 e. The molecular weight excluding hydrogens is 330 g/mol. The van der Waals surface area contributed by atoms with Crippen LogP contribution in [0.25, 0.3) is 0 Å². The van der Waals surface area contributed by atoms with Crippen LogP contribution in [0.2, 0.25) is 0 Å². The van der Waals surface area contributed by atoms with E-state index >= 15 is 0 Å². The van der Waals surface area contributed by atoms with Crippen LogP contribution in [0.3, 0.4) is 0 Å². The maximum atomic E-state index is 12.4. The molecule has 0 N–H and O–H groups in total. The van der Waals surface area contributed by atoms with Crippen molar-refractivity contribution in [2.24, 2.45) is 0 Å². The molecule has 2 aromatic rings. The van der Waals surface area contributed by atoms with E-state index in [-0.39, 0.29) is 0 Å². The normalized spacial score (nSPS) is 37.7. The van der Waals surface area contributed by atoms with Gasteiger partial charge in [-0.3, -0.25) is 26.0 Å². The Balaban J connectivity index is 1.51. The Hall–Kier alpha value is -1.04. The highest BCUT2D eigenvalue weighted by Gasteiger charge is 2.78. The summed E-state index contributed by atoms with van der Waals surface area (Å²) >= 11 is 0. The van der Waals surface area contributed by atoms with Gasteiger partial charge in [-0.05, 0) is 24.3 Å². The minimum Gasteiger partial charge on any atom is -0.274 e. The molecular formula is C12H10O6P2Si. The molecule has 0 saturated carbocycles. The number of rotatable bonds is 2. The van der Waals surface area contributed by atoms with E-state index in [1.54, 1.807) is 60.7 Å². The predicted octanol–water partition coefficient (Wildman–Crippen LogP) is 2.55. The second-order valence-electron chi connectivity index (χ2n) is 4.53. The van der Waals surface area contributed by atoms with Gasteiger partial charge in [0.2, 0.25) is 0 Å². The lowest BCUT2D eigenvalue weighted by atomic mass is 10.4. The summed E-state index contributed by atoms with van der Waals surface area (Å²) in [6.07, 6.45) is 0. The van der Waals surface area contributed by atoms with Crippen molar-refractivity contribution in [1.29, 1.82) is 0 Å². The Labute approximate surface area is 122 Å². The van der Waals surface area contributed by atoms with Gasteiger partial charge in [0, 0.05) is 0 Å². The molecule has 2 saturated heterocycles. The first kappa shape index (κ1) is 13.6. The van der Waals surface area contributed by atoms with Gasteiger partial charge in [-0.15, -0.1) is 0 Å². The van der Waals surface area contributed by atoms with E-state index in [4.69, 9.17) is 16.9 Å². The highest BCUT2D eigenvalue weighted by Crippen LogP contribution is 2.74. The summed E-state index contributed by atoms with van der Waals surface area (Å²) < 4.78 is 46.0. The zero-order chi connectivity index (χ0) is 14.6. The van der Waals surface area contributed by atoms with E-state index in [0.717, 1.165) is 0 Å². The smallest absolute Gasteiger partial charge is 0.274 e. The summed E-state index contributed by atoms with van der Waals surface area (Å²) in [4.78, 5) is 0. The lowest BCUT2D eigenvalue weighted by molar-refractivity contribution is 0.0445. The number of benzene rings is 2. The van der Waals surface area contributed by atoms with Gasteiger partial charge in [-0.2, -0.15) is 0 Å². The van der Waals surface area contributed by atoms with Crippen molar-refractivity contribution < 1.29 is 26.0 Å². The Morgan fingerprint density at radius 2 is 0.952 bits per heavy atom. The summed E-state index contributed by atoms with van der Waals surface area (Å²) in [5.74, 6) is 0. The second-order valence-corrected chi connectivity index (χ2v) is 11.5. The SMILES string of the molecule is O=P1(c2ccccc2)O[Si]2(O1)OP(=O)(c1ccccc1)O2. The van der Waals surface area contributed by atoms with Gasteiger partial charge in [-0.1, -0.05) is 36.4 Å². The minimum absolute atomic E-state index is 0.428. The van der Waals surface area contributed by atoms with Crippen LogP contribution in [0.15, 0.2) is 60.7 Å². The molecule has 0 aliphatic carbocycles. The summed E-state index contributed by atoms with van der Waals surface area (Å²) in [6, 6.07) is 17.0. The second kappa shape index (κ2) is 4.48. The molecule has 2 aromatic carbocycles. The molecule has 0 amide bonds. The molecule has 21 heavy (non-hydrogen) atoms. The van der Waals surface area contributed by atoms with Crippen LogP contribution in [0.1, 0.15) is 0 Å². The summed E-state index contributed by atoms with van der Waals surface area (Å²) in [7, 11) is -10.2. The molecule has 0 bridgehead atoms. The predicted molar refractivity (Wildman–Crippen MR) is 77.5 cm³/mol. The third kappa shape index (κ3) is 2.10. The first-order valence-corrected chi connectivity index (χ1v) is 10.9. The van der Waals surface area contributed by atoms with Crippen molar-refractivity contribution in [2.75, 3.05) is 0 Å². The van der Waals surface area contributed by atoms with Crippen molar-refractivity contribution in [3.05, 3.63) is 60.7 Å². The van der Waals surface area contributed by atoms with Crippen LogP contribution in [-0.2, 0) is 26.0 Å². The maximum absolute atomic E-state index is 12.4. The third-order valence-electron chi connectivity index (χ3n) is 3.07. The minimum atomic E-state index is -3.45. The molecule has 2 aliphatic heterocycles. The fourth-order valence-corrected chi connectivity index (χ4v) is 11.4. The van der Waals surface area contributed by atoms with Crippen LogP contribution >= 0.6 is 15.2 Å². The van der Waals surface area contributed by atoms with Crippen molar-refractivity contribution in [2.45, 2.75) is 0 Å². The molecule has 6 nitrogen and oxygen atoms in total. The summed E-state index contributed by atoms with van der Waals surface area (Å²) in [5.41, 5.74) is 0. The average Bonchev–Trinajstić information content (AvgIpc) is 2.46. The van der Waals surface area contributed by atoms with E-state index in [0.29, 0.717) is 10.6 Å². The molecule has 9 heteroatoms. The van der Waals surface area contributed by atoms with Crippen LogP contribution in [0, 0.1) is 0 Å². The molecule has 108 valence electrons. The Bertz CT molecular complexity index is 690. The van der Waals surface area contributed by atoms with Crippen molar-refractivity contribution in [3.63, 3.8) is 0 Å². The van der Waals surface area contributed by atoms with Crippen molar-refractivity contribution >= 4 is 34.8 Å². The topological polar surface area (TPSA) is 71.1 Å². The van der Waals surface area contributed by atoms with Crippen LogP contribution in [-0.4, -0.2) is 9.05 Å². The molecule has 1 spiro atoms. The molecule has 0 aromatic heterocycles. The van der Waals surface area contributed by atoms with Crippen LogP contribution in [0.5, 0.6) is 0 Å². The third-order valence-corrected chi connectivity index (χ3v) is 12.4. The van der Waals surface area contributed by atoms with Gasteiger partial charge in [0.15, 0.2) is 0 Å². The highest BCUT2D eigenvalue weighted by atomic mass is 31.2. The average molecular weight is 340 g/mol. The van der Waals surface area contributed by atoms with E-state index in [1.807, 2.05) is 0 Å². The fourth-order valence-electron chi connectivity index (χ4n) is 2.10. The van der Waals surface area contributed by atoms with Gasteiger partial charge in [0.25, 0.3) is 0 Å². The van der Waals surface area contributed by atoms with E-state index in [1.165, 1.54) is 0 Å². The van der Waals surface area contributed by atoms with Crippen molar-refractivity contribution in [3.8, 4) is 0 Å². The highest BCUT2D eigenvalue weighted by molar-refractivity contribution is 7.73. The van der Waals surface area contributed by atoms with Gasteiger partial charge in [0.05, 0.1) is 10.6 Å². The Morgan fingerprint density at radius 3 is 1.29 bits per heavy atom. The lowest BCUT2D eigenvalue weighted by Gasteiger charge is -2.48. The summed E-state index contributed by atoms with van der Waals surface area (Å²) in [6.45, 7) is 0. The molecule has 4 rings (SSSR count). The molecule has 0 unspecified atom stereocenters. The Kier molecular flexibility index (Phi) is 2.90. The largest absolute Gasteiger partial charge is 0.708 e. The van der Waals surface area contributed by atoms with E-state index in [2.05, 4.69) is 0 Å². The first-order valence-electron chi connectivity index (χ1n) is 6.18. The molecule has 2 heterocycles. The molecule has 2 aliphatic rings. The number of hydrogen-bond donors (Lipinski definition) is 0. The quantitative estimate of drug-likeness (QED) is 0.618. The zero-order valence-corrected chi connectivity index (χ0v) is 13.4. The first-order chi connectivity index (χ1) is 10.0. The number of hydrogen-bond acceptors (Lipinski definition) is 6. The van der Waals surface area contributed by atoms with Crippen LogP contribution in [0.4, 0.5) is 0 Å². The van der Waals surface area contributed by atoms with Crippen LogP contribution < -0.4 is 10.6 Å². The monoisotopic (exact) mass is 340 g/mol. The zero-order valence-electron chi connectivity index (χ0n) is 10.6. The fraction of sp³-hybridized carbons (Fsp3) is 0. The van der Waals surface area contributed by atoms with E-state index in [9.17, 15) is 9.13 Å². The van der Waals surface area contributed by atoms with Gasteiger partial charge >= 0.3 is 24.2 Å². The van der Waals surface area contributed by atoms with Gasteiger partial charge in [0.1, 0.15) is 0 Å².